The Morgan fingerprint density at radius 2 is 1.80 bits per heavy atom. The molecule has 2 aromatic rings. The summed E-state index contributed by atoms with van der Waals surface area (Å²) >= 11 is 0. The van der Waals surface area contributed by atoms with E-state index >= 15 is 0 Å². The Kier molecular flexibility index (Phi) is 4.95. The Hall–Kier alpha value is -2.55. The summed E-state index contributed by atoms with van der Waals surface area (Å²) < 4.78 is 5.28. The van der Waals surface area contributed by atoms with Gasteiger partial charge < -0.3 is 10.5 Å². The molecule has 0 spiro atoms. The summed E-state index contributed by atoms with van der Waals surface area (Å²) in [5.41, 5.74) is 8.00. The molecule has 3 heteroatoms. The molecular formula is C17H18N2O. The second-order valence-electron chi connectivity index (χ2n) is 4.30. The lowest BCUT2D eigenvalue weighted by Gasteiger charge is -2.05. The molecule has 20 heavy (non-hydrogen) atoms. The van der Waals surface area contributed by atoms with E-state index in [1.54, 1.807) is 7.11 Å². The van der Waals surface area contributed by atoms with Gasteiger partial charge in [0, 0.05) is 5.56 Å². The lowest BCUT2D eigenvalue weighted by Crippen LogP contribution is -2.08. The highest BCUT2D eigenvalue weighted by molar-refractivity contribution is 5.95. The normalized spacial score (nSPS) is 11.8. The third kappa shape index (κ3) is 3.99. The second kappa shape index (κ2) is 7.14. The van der Waals surface area contributed by atoms with Crippen molar-refractivity contribution < 1.29 is 4.74 Å². The molecule has 3 nitrogen and oxygen atoms in total. The maximum absolute atomic E-state index is 5.88. The van der Waals surface area contributed by atoms with E-state index in [0.717, 1.165) is 16.9 Å². The summed E-state index contributed by atoms with van der Waals surface area (Å²) in [5, 5.41) is 0. The molecule has 0 saturated heterocycles. The van der Waals surface area contributed by atoms with E-state index in [-0.39, 0.29) is 0 Å². The number of methoxy groups -OCH3 is 1. The molecule has 0 aliphatic carbocycles. The molecule has 0 radical (unpaired) electrons. The Bertz CT molecular complexity index is 603. The molecule has 0 heterocycles. The highest BCUT2D eigenvalue weighted by Crippen LogP contribution is 2.17. The lowest BCUT2D eigenvalue weighted by molar-refractivity contribution is 0.410. The van der Waals surface area contributed by atoms with Crippen LogP contribution in [0.3, 0.4) is 0 Å². The zero-order valence-corrected chi connectivity index (χ0v) is 11.5. The zero-order valence-electron chi connectivity index (χ0n) is 11.5. The molecule has 0 amide bonds. The summed E-state index contributed by atoms with van der Waals surface area (Å²) in [4.78, 5) is 4.35. The molecule has 0 aliphatic rings. The van der Waals surface area contributed by atoms with Gasteiger partial charge in [-0.2, -0.15) is 0 Å². The number of ether oxygens (including phenoxy) is 1. The summed E-state index contributed by atoms with van der Waals surface area (Å²) in [5.74, 6) is 1.33. The van der Waals surface area contributed by atoms with Crippen molar-refractivity contribution in [2.45, 2.75) is 6.54 Å². The van der Waals surface area contributed by atoms with Crippen molar-refractivity contribution in [3.8, 4) is 5.75 Å². The van der Waals surface area contributed by atoms with Crippen LogP contribution in [0.15, 0.2) is 65.7 Å². The van der Waals surface area contributed by atoms with Crippen molar-refractivity contribution in [2.24, 2.45) is 10.7 Å². The van der Waals surface area contributed by atoms with Crippen molar-refractivity contribution in [3.05, 3.63) is 71.8 Å². The van der Waals surface area contributed by atoms with E-state index in [1.165, 1.54) is 0 Å². The molecule has 102 valence electrons. The average molecular weight is 268 g/mol. The van der Waals surface area contributed by atoms with Crippen LogP contribution in [0, 0.1) is 0 Å². The van der Waals surface area contributed by atoms with Crippen LogP contribution in [-0.2, 0) is 6.54 Å². The van der Waals surface area contributed by atoms with Gasteiger partial charge in [-0.05, 0) is 17.7 Å². The third-order valence-electron chi connectivity index (χ3n) is 2.87. The minimum Gasteiger partial charge on any atom is -0.496 e. The van der Waals surface area contributed by atoms with Crippen LogP contribution in [0.4, 0.5) is 0 Å². The third-order valence-corrected chi connectivity index (χ3v) is 2.87. The molecule has 2 rings (SSSR count). The maximum Gasteiger partial charge on any atom is 0.123 e. The van der Waals surface area contributed by atoms with E-state index in [1.807, 2.05) is 66.7 Å². The van der Waals surface area contributed by atoms with Crippen LogP contribution >= 0.6 is 0 Å². The first-order valence-corrected chi connectivity index (χ1v) is 6.44. The Labute approximate surface area is 119 Å². The predicted octanol–water partition coefficient (Wildman–Crippen LogP) is 3.27. The van der Waals surface area contributed by atoms with Gasteiger partial charge in [0.05, 0.1) is 13.7 Å². The van der Waals surface area contributed by atoms with Crippen LogP contribution in [0.25, 0.3) is 6.08 Å². The average Bonchev–Trinajstić information content (AvgIpc) is 2.52. The van der Waals surface area contributed by atoms with Crippen molar-refractivity contribution in [1.82, 2.24) is 0 Å². The SMILES string of the molecule is COc1ccccc1CN=[14C](N)/C=C/c1ccccc1. The highest BCUT2D eigenvalue weighted by Gasteiger charge is 1.99. The summed E-state index contributed by atoms with van der Waals surface area (Å²) in [6.45, 7) is 0.509. The standard InChI is InChI=1S/C17H18N2O/c1-20-16-10-6-5-9-15(16)13-19-17(18)12-11-14-7-3-2-4-8-14/h2-12H,13H2,1H3,(H2,18,19)/b12-11+/i17+2. The van der Waals surface area contributed by atoms with Gasteiger partial charge in [-0.15, -0.1) is 0 Å². The summed E-state index contributed by atoms with van der Waals surface area (Å²) in [7, 11) is 1.65. The first-order chi connectivity index (χ1) is 9.79. The number of amidine groups is 1. The van der Waals surface area contributed by atoms with Gasteiger partial charge in [0.25, 0.3) is 0 Å². The highest BCUT2D eigenvalue weighted by atomic mass is 16.5. The minimum absolute atomic E-state index is 0.500. The molecule has 0 bridgehead atoms. The molecule has 0 aliphatic heterocycles. The van der Waals surface area contributed by atoms with Gasteiger partial charge >= 0.3 is 0 Å². The first kappa shape index (κ1) is 13.9. The van der Waals surface area contributed by atoms with Gasteiger partial charge in [0.15, 0.2) is 0 Å². The number of nitrogens with zero attached hydrogens (tertiary/aromatic N) is 1. The molecule has 0 aromatic heterocycles. The number of aliphatic imine (C=N–C) groups is 1. The molecular weight excluding hydrogens is 250 g/mol. The van der Waals surface area contributed by atoms with Gasteiger partial charge in [-0.1, -0.05) is 54.6 Å². The quantitative estimate of drug-likeness (QED) is 0.668. The van der Waals surface area contributed by atoms with Gasteiger partial charge in [0.2, 0.25) is 0 Å². The van der Waals surface area contributed by atoms with Crippen LogP contribution in [0.1, 0.15) is 11.1 Å². The van der Waals surface area contributed by atoms with Crippen LogP contribution in [0.2, 0.25) is 0 Å². The second-order valence-corrected chi connectivity index (χ2v) is 4.30. The van der Waals surface area contributed by atoms with Crippen molar-refractivity contribution in [1.29, 1.82) is 0 Å². The number of para-hydroxylation sites is 1. The van der Waals surface area contributed by atoms with E-state index < -0.39 is 0 Å². The fourth-order valence-corrected chi connectivity index (χ4v) is 1.81. The first-order valence-electron chi connectivity index (χ1n) is 6.44. The van der Waals surface area contributed by atoms with Crippen molar-refractivity contribution >= 4 is 11.9 Å². The molecule has 2 aromatic carbocycles. The number of hydrogen-bond donors (Lipinski definition) is 1. The lowest BCUT2D eigenvalue weighted by atomic mass is 10.2. The number of nitrogens with two attached hydrogens (primary N) is 1. The fourth-order valence-electron chi connectivity index (χ4n) is 1.81. The van der Waals surface area contributed by atoms with Crippen LogP contribution < -0.4 is 10.5 Å². The Balaban J connectivity index is 2.02. The van der Waals surface area contributed by atoms with E-state index in [0.29, 0.717) is 12.4 Å². The van der Waals surface area contributed by atoms with Crippen molar-refractivity contribution in [2.75, 3.05) is 7.11 Å². The van der Waals surface area contributed by atoms with Crippen LogP contribution in [-0.4, -0.2) is 12.9 Å². The fraction of sp³-hybridized carbons (Fsp3) is 0.118. The van der Waals surface area contributed by atoms with E-state index in [9.17, 15) is 0 Å². The Morgan fingerprint density at radius 1 is 1.10 bits per heavy atom. The minimum atomic E-state index is 0.500. The van der Waals surface area contributed by atoms with Crippen LogP contribution in [0.5, 0.6) is 5.75 Å². The molecule has 0 saturated carbocycles. The topological polar surface area (TPSA) is 47.6 Å². The van der Waals surface area contributed by atoms with E-state index in [2.05, 4.69) is 4.99 Å². The largest absolute Gasteiger partial charge is 0.496 e. The molecule has 0 unspecified atom stereocenters. The van der Waals surface area contributed by atoms with Gasteiger partial charge in [-0.3, -0.25) is 4.99 Å². The van der Waals surface area contributed by atoms with E-state index in [4.69, 9.17) is 10.5 Å². The monoisotopic (exact) mass is 268 g/mol. The molecule has 2 N–H and O–H groups in total. The summed E-state index contributed by atoms with van der Waals surface area (Å²) in [6, 6.07) is 17.8. The van der Waals surface area contributed by atoms with Gasteiger partial charge in [-0.25, -0.2) is 0 Å². The molecule has 0 atom stereocenters. The number of hydrogen-bond acceptors (Lipinski definition) is 2. The molecule has 0 fully saturated rings. The number of benzene rings is 2. The number of rotatable bonds is 5. The predicted molar refractivity (Wildman–Crippen MR) is 83.8 cm³/mol. The van der Waals surface area contributed by atoms with Crippen molar-refractivity contribution in [3.63, 3.8) is 0 Å². The van der Waals surface area contributed by atoms with Gasteiger partial charge in [0.1, 0.15) is 11.6 Å². The Morgan fingerprint density at radius 3 is 2.55 bits per heavy atom. The maximum atomic E-state index is 5.88. The summed E-state index contributed by atoms with van der Waals surface area (Å²) in [6.07, 6.45) is 3.76. The smallest absolute Gasteiger partial charge is 0.123 e. The zero-order chi connectivity index (χ0) is 14.2.